The lowest BCUT2D eigenvalue weighted by atomic mass is 9.89. The lowest BCUT2D eigenvalue weighted by Crippen LogP contribution is -2.29. The molecule has 0 saturated carbocycles. The molecule has 3 heteroatoms. The van der Waals surface area contributed by atoms with Crippen LogP contribution in [0.4, 0.5) is 0 Å². The lowest BCUT2D eigenvalue weighted by molar-refractivity contribution is 0.514. The van der Waals surface area contributed by atoms with Crippen LogP contribution in [0.1, 0.15) is 19.5 Å². The van der Waals surface area contributed by atoms with Crippen LogP contribution < -0.4 is 5.73 Å². The van der Waals surface area contributed by atoms with Crippen molar-refractivity contribution in [1.82, 2.24) is 10.2 Å². The van der Waals surface area contributed by atoms with Gasteiger partial charge in [-0.2, -0.15) is 10.2 Å². The molecule has 3 nitrogen and oxygen atoms in total. The molecule has 0 fully saturated rings. The summed E-state index contributed by atoms with van der Waals surface area (Å²) in [7, 11) is 0. The van der Waals surface area contributed by atoms with Crippen LogP contribution in [0, 0.1) is 0 Å². The van der Waals surface area contributed by atoms with E-state index in [0.29, 0.717) is 6.54 Å². The van der Waals surface area contributed by atoms with Gasteiger partial charge in [-0.3, -0.25) is 0 Å². The quantitative estimate of drug-likeness (QED) is 0.875. The van der Waals surface area contributed by atoms with Crippen molar-refractivity contribution in [3.8, 4) is 11.3 Å². The van der Waals surface area contributed by atoms with E-state index in [1.54, 1.807) is 0 Å². The zero-order chi connectivity index (χ0) is 12.3. The third-order valence-electron chi connectivity index (χ3n) is 2.94. The number of hydrogen-bond donors (Lipinski definition) is 1. The Morgan fingerprint density at radius 1 is 1.00 bits per heavy atom. The van der Waals surface area contributed by atoms with Gasteiger partial charge in [0.25, 0.3) is 0 Å². The average Bonchev–Trinajstić information content (AvgIpc) is 2.40. The van der Waals surface area contributed by atoms with Crippen LogP contribution in [0.15, 0.2) is 42.5 Å². The number of aromatic nitrogens is 2. The summed E-state index contributed by atoms with van der Waals surface area (Å²) < 4.78 is 0. The minimum Gasteiger partial charge on any atom is -0.330 e. The first kappa shape index (κ1) is 11.7. The molecule has 0 unspecified atom stereocenters. The summed E-state index contributed by atoms with van der Waals surface area (Å²) in [6.07, 6.45) is 0. The number of rotatable bonds is 3. The molecule has 0 bridgehead atoms. The zero-order valence-corrected chi connectivity index (χ0v) is 10.2. The first-order valence-electron chi connectivity index (χ1n) is 5.73. The molecule has 0 atom stereocenters. The Labute approximate surface area is 102 Å². The molecule has 0 spiro atoms. The van der Waals surface area contributed by atoms with Crippen LogP contribution in [0.2, 0.25) is 0 Å². The molecular formula is C14H17N3. The summed E-state index contributed by atoms with van der Waals surface area (Å²) in [4.78, 5) is 0. The van der Waals surface area contributed by atoms with Crippen molar-refractivity contribution in [2.45, 2.75) is 19.3 Å². The van der Waals surface area contributed by atoms with Gasteiger partial charge in [0.1, 0.15) is 0 Å². The Morgan fingerprint density at radius 2 is 1.71 bits per heavy atom. The summed E-state index contributed by atoms with van der Waals surface area (Å²) in [5, 5.41) is 8.53. The zero-order valence-electron chi connectivity index (χ0n) is 10.2. The van der Waals surface area contributed by atoms with Gasteiger partial charge < -0.3 is 5.73 Å². The predicted octanol–water partition coefficient (Wildman–Crippen LogP) is 2.38. The molecule has 1 aromatic carbocycles. The van der Waals surface area contributed by atoms with Crippen LogP contribution in [0.3, 0.4) is 0 Å². The van der Waals surface area contributed by atoms with Gasteiger partial charge in [0, 0.05) is 17.5 Å². The van der Waals surface area contributed by atoms with Crippen molar-refractivity contribution in [2.75, 3.05) is 6.54 Å². The number of benzene rings is 1. The maximum atomic E-state index is 5.72. The van der Waals surface area contributed by atoms with Crippen LogP contribution in [0.25, 0.3) is 11.3 Å². The van der Waals surface area contributed by atoms with E-state index in [0.717, 1.165) is 17.0 Å². The second-order valence-electron chi connectivity index (χ2n) is 4.76. The smallest absolute Gasteiger partial charge is 0.0929 e. The maximum absolute atomic E-state index is 5.72. The van der Waals surface area contributed by atoms with Gasteiger partial charge in [0.05, 0.1) is 11.4 Å². The Hall–Kier alpha value is -1.74. The van der Waals surface area contributed by atoms with Gasteiger partial charge in [-0.05, 0) is 12.1 Å². The fourth-order valence-corrected chi connectivity index (χ4v) is 1.56. The molecular weight excluding hydrogens is 210 g/mol. The monoisotopic (exact) mass is 227 g/mol. The lowest BCUT2D eigenvalue weighted by Gasteiger charge is -2.20. The topological polar surface area (TPSA) is 51.8 Å². The van der Waals surface area contributed by atoms with Gasteiger partial charge in [-0.15, -0.1) is 0 Å². The second-order valence-corrected chi connectivity index (χ2v) is 4.76. The third-order valence-corrected chi connectivity index (χ3v) is 2.94. The normalized spacial score (nSPS) is 11.5. The van der Waals surface area contributed by atoms with Crippen LogP contribution in [0.5, 0.6) is 0 Å². The third kappa shape index (κ3) is 2.50. The highest BCUT2D eigenvalue weighted by molar-refractivity contribution is 5.58. The molecule has 1 aromatic heterocycles. The molecule has 0 saturated heterocycles. The van der Waals surface area contributed by atoms with Crippen LogP contribution >= 0.6 is 0 Å². The molecule has 0 amide bonds. The van der Waals surface area contributed by atoms with E-state index >= 15 is 0 Å². The SMILES string of the molecule is CC(C)(CN)c1ccc(-c2ccccc2)nn1. The molecule has 0 aliphatic heterocycles. The van der Waals surface area contributed by atoms with Gasteiger partial charge in [-0.25, -0.2) is 0 Å². The standard InChI is InChI=1S/C14H17N3/c1-14(2,10-15)13-9-8-12(16-17-13)11-6-4-3-5-7-11/h3-9H,10,15H2,1-2H3. The largest absolute Gasteiger partial charge is 0.330 e. The van der Waals surface area contributed by atoms with E-state index in [1.807, 2.05) is 42.5 Å². The second kappa shape index (κ2) is 4.63. The van der Waals surface area contributed by atoms with Gasteiger partial charge in [-0.1, -0.05) is 44.2 Å². The maximum Gasteiger partial charge on any atom is 0.0929 e. The first-order valence-corrected chi connectivity index (χ1v) is 5.73. The highest BCUT2D eigenvalue weighted by Gasteiger charge is 2.20. The highest BCUT2D eigenvalue weighted by Crippen LogP contribution is 2.21. The Morgan fingerprint density at radius 3 is 2.24 bits per heavy atom. The van der Waals surface area contributed by atoms with Crippen LogP contribution in [-0.4, -0.2) is 16.7 Å². The molecule has 0 aliphatic carbocycles. The molecule has 1 heterocycles. The number of hydrogen-bond acceptors (Lipinski definition) is 3. The summed E-state index contributed by atoms with van der Waals surface area (Å²) in [5.41, 5.74) is 8.50. The minimum atomic E-state index is -0.123. The van der Waals surface area contributed by atoms with E-state index in [4.69, 9.17) is 5.73 Å². The molecule has 0 aliphatic rings. The predicted molar refractivity (Wildman–Crippen MR) is 69.5 cm³/mol. The van der Waals surface area contributed by atoms with Gasteiger partial charge >= 0.3 is 0 Å². The van der Waals surface area contributed by atoms with Gasteiger partial charge in [0.15, 0.2) is 0 Å². The summed E-state index contributed by atoms with van der Waals surface area (Å²) >= 11 is 0. The van der Waals surface area contributed by atoms with E-state index in [2.05, 4.69) is 24.0 Å². The minimum absolute atomic E-state index is 0.123. The van der Waals surface area contributed by atoms with Crippen molar-refractivity contribution >= 4 is 0 Å². The van der Waals surface area contributed by atoms with Crippen molar-refractivity contribution in [2.24, 2.45) is 5.73 Å². The molecule has 88 valence electrons. The van der Waals surface area contributed by atoms with Crippen molar-refractivity contribution in [1.29, 1.82) is 0 Å². The van der Waals surface area contributed by atoms with E-state index < -0.39 is 0 Å². The van der Waals surface area contributed by atoms with Crippen molar-refractivity contribution in [3.63, 3.8) is 0 Å². The fourth-order valence-electron chi connectivity index (χ4n) is 1.56. The van der Waals surface area contributed by atoms with E-state index in [1.165, 1.54) is 0 Å². The summed E-state index contributed by atoms with van der Waals surface area (Å²) in [5.74, 6) is 0. The molecule has 2 N–H and O–H groups in total. The molecule has 17 heavy (non-hydrogen) atoms. The highest BCUT2D eigenvalue weighted by atomic mass is 15.1. The summed E-state index contributed by atoms with van der Waals surface area (Å²) in [6.45, 7) is 4.70. The number of nitrogens with zero attached hydrogens (tertiary/aromatic N) is 2. The average molecular weight is 227 g/mol. The Kier molecular flexibility index (Phi) is 3.20. The summed E-state index contributed by atoms with van der Waals surface area (Å²) in [6, 6.07) is 14.0. The molecule has 2 aromatic rings. The molecule has 0 radical (unpaired) electrons. The fraction of sp³-hybridized carbons (Fsp3) is 0.286. The van der Waals surface area contributed by atoms with Gasteiger partial charge in [0.2, 0.25) is 0 Å². The van der Waals surface area contributed by atoms with E-state index in [9.17, 15) is 0 Å². The first-order chi connectivity index (χ1) is 8.13. The Bertz CT molecular complexity index is 475. The van der Waals surface area contributed by atoms with Crippen LogP contribution in [-0.2, 0) is 5.41 Å². The Balaban J connectivity index is 2.31. The van der Waals surface area contributed by atoms with Crippen molar-refractivity contribution in [3.05, 3.63) is 48.2 Å². The molecule has 2 rings (SSSR count). The number of nitrogens with two attached hydrogens (primary N) is 1. The van der Waals surface area contributed by atoms with E-state index in [-0.39, 0.29) is 5.41 Å². The van der Waals surface area contributed by atoms with Crippen molar-refractivity contribution < 1.29 is 0 Å².